The molecule has 1 atom stereocenters. The van der Waals surface area contributed by atoms with E-state index in [4.69, 9.17) is 4.74 Å². The van der Waals surface area contributed by atoms with Crippen LogP contribution < -0.4 is 0 Å². The first-order chi connectivity index (χ1) is 10.9. The monoisotopic (exact) mass is 318 g/mol. The molecule has 1 aliphatic rings. The van der Waals surface area contributed by atoms with E-state index in [9.17, 15) is 18.0 Å². The Hall–Kier alpha value is -2.56. The lowest BCUT2D eigenvalue weighted by molar-refractivity contribution is -0.139. The van der Waals surface area contributed by atoms with Gasteiger partial charge in [0, 0.05) is 17.6 Å². The molecule has 0 bridgehead atoms. The topological polar surface area (TPSA) is 26.3 Å². The van der Waals surface area contributed by atoms with Crippen LogP contribution >= 0.6 is 0 Å². The highest BCUT2D eigenvalue weighted by molar-refractivity contribution is 5.90. The maximum atomic E-state index is 12.9. The molecule has 0 saturated carbocycles. The number of hydrogen-bond donors (Lipinski definition) is 0. The summed E-state index contributed by atoms with van der Waals surface area (Å²) in [6, 6.07) is 12.1. The number of rotatable bonds is 2. The van der Waals surface area contributed by atoms with Gasteiger partial charge in [0.05, 0.1) is 5.56 Å². The molecule has 0 radical (unpaired) electrons. The Kier molecular flexibility index (Phi) is 3.72. The summed E-state index contributed by atoms with van der Waals surface area (Å²) in [5.41, 5.74) is 1.39. The number of esters is 1. The predicted octanol–water partition coefficient (Wildman–Crippen LogP) is 4.92. The molecule has 0 aliphatic carbocycles. The lowest BCUT2D eigenvalue weighted by atomic mass is 9.93. The molecule has 0 aromatic heterocycles. The average molecular weight is 318 g/mol. The molecule has 2 aromatic rings. The Balaban J connectivity index is 2.05. The van der Waals surface area contributed by atoms with Gasteiger partial charge in [0.1, 0.15) is 6.10 Å². The molecule has 0 spiro atoms. The van der Waals surface area contributed by atoms with Crippen molar-refractivity contribution in [3.8, 4) is 11.1 Å². The van der Waals surface area contributed by atoms with Gasteiger partial charge >= 0.3 is 12.1 Å². The van der Waals surface area contributed by atoms with Gasteiger partial charge in [0.2, 0.25) is 0 Å². The highest BCUT2D eigenvalue weighted by Gasteiger charge is 2.32. The third kappa shape index (κ3) is 2.99. The summed E-state index contributed by atoms with van der Waals surface area (Å²) in [6.45, 7) is 3.64. The van der Waals surface area contributed by atoms with Gasteiger partial charge in [-0.3, -0.25) is 0 Å². The highest BCUT2D eigenvalue weighted by Crippen LogP contribution is 2.39. The van der Waals surface area contributed by atoms with Gasteiger partial charge in [-0.25, -0.2) is 4.79 Å². The Labute approximate surface area is 131 Å². The van der Waals surface area contributed by atoms with Gasteiger partial charge in [0.15, 0.2) is 0 Å². The molecule has 3 rings (SSSR count). The van der Waals surface area contributed by atoms with Crippen LogP contribution in [0.3, 0.4) is 0 Å². The van der Waals surface area contributed by atoms with Gasteiger partial charge in [-0.15, -0.1) is 0 Å². The van der Waals surface area contributed by atoms with E-state index in [1.165, 1.54) is 6.07 Å². The summed E-state index contributed by atoms with van der Waals surface area (Å²) in [5, 5.41) is 0. The number of cyclic esters (lactones) is 1. The van der Waals surface area contributed by atoms with Crippen molar-refractivity contribution in [1.29, 1.82) is 0 Å². The third-order valence-electron chi connectivity index (χ3n) is 3.78. The van der Waals surface area contributed by atoms with Crippen molar-refractivity contribution in [2.75, 3.05) is 0 Å². The van der Waals surface area contributed by atoms with Crippen molar-refractivity contribution < 1.29 is 22.7 Å². The van der Waals surface area contributed by atoms with Crippen molar-refractivity contribution in [2.45, 2.75) is 18.7 Å². The van der Waals surface area contributed by atoms with Crippen molar-refractivity contribution in [3.05, 3.63) is 71.8 Å². The highest BCUT2D eigenvalue weighted by atomic mass is 19.4. The zero-order chi connectivity index (χ0) is 16.6. The third-order valence-corrected chi connectivity index (χ3v) is 3.78. The van der Waals surface area contributed by atoms with E-state index in [2.05, 4.69) is 6.58 Å². The molecule has 0 N–H and O–H groups in total. The van der Waals surface area contributed by atoms with Crippen LogP contribution in [-0.4, -0.2) is 5.97 Å². The largest absolute Gasteiger partial charge is 0.454 e. The van der Waals surface area contributed by atoms with Crippen molar-refractivity contribution in [2.24, 2.45) is 0 Å². The Morgan fingerprint density at radius 3 is 2.48 bits per heavy atom. The van der Waals surface area contributed by atoms with Crippen LogP contribution in [0, 0.1) is 0 Å². The maximum Gasteiger partial charge on any atom is 0.416 e. The molecule has 1 aliphatic heterocycles. The molecule has 118 valence electrons. The number of benzene rings is 2. The first-order valence-corrected chi connectivity index (χ1v) is 7.01. The van der Waals surface area contributed by atoms with E-state index in [-0.39, 0.29) is 0 Å². The van der Waals surface area contributed by atoms with Crippen LogP contribution in [0.25, 0.3) is 11.1 Å². The van der Waals surface area contributed by atoms with E-state index >= 15 is 0 Å². The minimum atomic E-state index is -4.40. The molecule has 1 unspecified atom stereocenters. The van der Waals surface area contributed by atoms with Crippen molar-refractivity contribution in [1.82, 2.24) is 0 Å². The molecule has 2 nitrogen and oxygen atoms in total. The summed E-state index contributed by atoms with van der Waals surface area (Å²) in [7, 11) is 0. The number of halogens is 3. The summed E-state index contributed by atoms with van der Waals surface area (Å²) in [4.78, 5) is 11.5. The first-order valence-electron chi connectivity index (χ1n) is 7.01. The maximum absolute atomic E-state index is 12.9. The number of carbonyl (C=O) groups excluding carboxylic acids is 1. The average Bonchev–Trinajstić information content (AvgIpc) is 2.86. The fraction of sp³-hybridized carbons (Fsp3) is 0.167. The molecular formula is C18H13F3O2. The zero-order valence-corrected chi connectivity index (χ0v) is 12.1. The normalized spacial score (nSPS) is 18.1. The van der Waals surface area contributed by atoms with Gasteiger partial charge in [-0.1, -0.05) is 43.0 Å². The predicted molar refractivity (Wildman–Crippen MR) is 79.5 cm³/mol. The lowest BCUT2D eigenvalue weighted by Gasteiger charge is -2.16. The van der Waals surface area contributed by atoms with Gasteiger partial charge in [0.25, 0.3) is 0 Å². The smallest absolute Gasteiger partial charge is 0.416 e. The summed E-state index contributed by atoms with van der Waals surface area (Å²) >= 11 is 0. The molecule has 0 amide bonds. The van der Waals surface area contributed by atoms with Gasteiger partial charge < -0.3 is 4.74 Å². The van der Waals surface area contributed by atoms with Crippen molar-refractivity contribution in [3.63, 3.8) is 0 Å². The minimum Gasteiger partial charge on any atom is -0.454 e. The molecule has 1 heterocycles. The van der Waals surface area contributed by atoms with Crippen LogP contribution in [-0.2, 0) is 15.7 Å². The van der Waals surface area contributed by atoms with Gasteiger partial charge in [-0.05, 0) is 23.3 Å². The Morgan fingerprint density at radius 2 is 1.83 bits per heavy atom. The zero-order valence-electron chi connectivity index (χ0n) is 12.1. The molecule has 23 heavy (non-hydrogen) atoms. The molecule has 1 fully saturated rings. The first kappa shape index (κ1) is 15.3. The number of hydrogen-bond acceptors (Lipinski definition) is 2. The molecule has 2 aromatic carbocycles. The van der Waals surface area contributed by atoms with E-state index in [1.807, 2.05) is 0 Å². The lowest BCUT2D eigenvalue weighted by Crippen LogP contribution is -2.05. The van der Waals surface area contributed by atoms with Crippen LogP contribution in [0.4, 0.5) is 13.2 Å². The van der Waals surface area contributed by atoms with Crippen LogP contribution in [0.1, 0.15) is 23.7 Å². The second-order valence-corrected chi connectivity index (χ2v) is 5.37. The second-order valence-electron chi connectivity index (χ2n) is 5.37. The van der Waals surface area contributed by atoms with Gasteiger partial charge in [-0.2, -0.15) is 13.2 Å². The standard InChI is InChI=1S/C18H13F3O2/c1-11-9-16(23-17(11)22)15-8-3-2-7-14(15)12-5-4-6-13(10-12)18(19,20)21/h2-8,10,16H,1,9H2. The Bertz CT molecular complexity index is 762. The molecular weight excluding hydrogens is 305 g/mol. The number of ether oxygens (including phenoxy) is 1. The fourth-order valence-corrected chi connectivity index (χ4v) is 2.64. The quantitative estimate of drug-likeness (QED) is 0.580. The summed E-state index contributed by atoms with van der Waals surface area (Å²) in [5.74, 6) is -0.464. The van der Waals surface area contributed by atoms with E-state index in [0.717, 1.165) is 12.1 Å². The second kappa shape index (κ2) is 5.57. The number of carbonyl (C=O) groups is 1. The minimum absolute atomic E-state index is 0.342. The fourth-order valence-electron chi connectivity index (χ4n) is 2.64. The summed E-state index contributed by atoms with van der Waals surface area (Å²) in [6.07, 6.45) is -4.57. The molecule has 5 heteroatoms. The number of alkyl halides is 3. The van der Waals surface area contributed by atoms with Crippen LogP contribution in [0.15, 0.2) is 60.7 Å². The van der Waals surface area contributed by atoms with Crippen LogP contribution in [0.5, 0.6) is 0 Å². The SMILES string of the molecule is C=C1CC(c2ccccc2-c2cccc(C(F)(F)F)c2)OC1=O. The van der Waals surface area contributed by atoms with E-state index in [0.29, 0.717) is 28.7 Å². The van der Waals surface area contributed by atoms with E-state index < -0.39 is 23.8 Å². The molecule has 1 saturated heterocycles. The Morgan fingerprint density at radius 1 is 1.09 bits per heavy atom. The van der Waals surface area contributed by atoms with Crippen molar-refractivity contribution >= 4 is 5.97 Å². The summed E-state index contributed by atoms with van der Waals surface area (Å²) < 4.78 is 44.0. The van der Waals surface area contributed by atoms with Crippen LogP contribution in [0.2, 0.25) is 0 Å². The van der Waals surface area contributed by atoms with E-state index in [1.54, 1.807) is 30.3 Å².